The molecule has 2 aromatic carbocycles. The Kier molecular flexibility index (Phi) is 5.66. The minimum absolute atomic E-state index is 0.374. The Morgan fingerprint density at radius 2 is 1.83 bits per heavy atom. The number of nitrogens with zero attached hydrogens (tertiary/aromatic N) is 1. The van der Waals surface area contributed by atoms with Gasteiger partial charge in [0.1, 0.15) is 6.61 Å². The van der Waals surface area contributed by atoms with Crippen molar-refractivity contribution in [2.45, 2.75) is 56.8 Å². The highest BCUT2D eigenvalue weighted by atomic mass is 16.5. The summed E-state index contributed by atoms with van der Waals surface area (Å²) in [6.07, 6.45) is 5.57. The maximum atomic E-state index is 11.5. The molecule has 29 heavy (non-hydrogen) atoms. The molecule has 2 fully saturated rings. The molecule has 2 aliphatic rings. The van der Waals surface area contributed by atoms with E-state index in [-0.39, 0.29) is 0 Å². The van der Waals surface area contributed by atoms with Crippen LogP contribution in [0.5, 0.6) is 11.5 Å². The molecule has 4 nitrogen and oxygen atoms in total. The standard InChI is InChI=1S/C25H31NO3/c1-4-14-29-24-19(6-5-7-23(24)28-3)17-26-21-12-13-22(26)16-25(27,15-21)20-10-8-18(2)9-11-20/h4-11,21-22,27H,1,12-17H2,2-3H3/t21-,22+,25?. The molecule has 154 valence electrons. The van der Waals surface area contributed by atoms with Gasteiger partial charge < -0.3 is 14.6 Å². The second kappa shape index (κ2) is 8.21. The zero-order chi connectivity index (χ0) is 20.4. The van der Waals surface area contributed by atoms with E-state index >= 15 is 0 Å². The molecule has 2 aliphatic heterocycles. The fourth-order valence-electron chi connectivity index (χ4n) is 5.02. The van der Waals surface area contributed by atoms with E-state index in [0.717, 1.165) is 54.9 Å². The van der Waals surface area contributed by atoms with Gasteiger partial charge in [0.2, 0.25) is 0 Å². The lowest BCUT2D eigenvalue weighted by Gasteiger charge is -2.44. The first-order chi connectivity index (χ1) is 14.0. The molecule has 0 aromatic heterocycles. The zero-order valence-corrected chi connectivity index (χ0v) is 17.4. The molecule has 0 saturated carbocycles. The van der Waals surface area contributed by atoms with Gasteiger partial charge in [-0.25, -0.2) is 0 Å². The average molecular weight is 394 g/mol. The van der Waals surface area contributed by atoms with E-state index in [1.54, 1.807) is 13.2 Å². The third kappa shape index (κ3) is 3.92. The van der Waals surface area contributed by atoms with Crippen LogP contribution in [0.1, 0.15) is 42.4 Å². The van der Waals surface area contributed by atoms with Crippen molar-refractivity contribution in [3.05, 3.63) is 71.8 Å². The number of benzene rings is 2. The minimum atomic E-state index is -0.730. The molecule has 2 heterocycles. The summed E-state index contributed by atoms with van der Waals surface area (Å²) in [7, 11) is 1.67. The lowest BCUT2D eigenvalue weighted by molar-refractivity contribution is -0.0596. The molecule has 3 atom stereocenters. The van der Waals surface area contributed by atoms with Crippen molar-refractivity contribution < 1.29 is 14.6 Å². The normalized spacial score (nSPS) is 26.3. The second-order valence-electron chi connectivity index (χ2n) is 8.41. The highest BCUT2D eigenvalue weighted by molar-refractivity contribution is 5.47. The number of hydrogen-bond donors (Lipinski definition) is 1. The van der Waals surface area contributed by atoms with Crippen LogP contribution in [0.2, 0.25) is 0 Å². The Hall–Kier alpha value is -2.30. The monoisotopic (exact) mass is 393 g/mol. The molecule has 0 spiro atoms. The molecule has 2 bridgehead atoms. The highest BCUT2D eigenvalue weighted by Gasteiger charge is 2.48. The highest BCUT2D eigenvalue weighted by Crippen LogP contribution is 2.47. The number of methoxy groups -OCH3 is 1. The first-order valence-electron chi connectivity index (χ1n) is 10.5. The molecule has 1 N–H and O–H groups in total. The van der Waals surface area contributed by atoms with E-state index in [1.807, 2.05) is 12.1 Å². The van der Waals surface area contributed by atoms with Crippen LogP contribution < -0.4 is 9.47 Å². The van der Waals surface area contributed by atoms with Crippen molar-refractivity contribution in [1.82, 2.24) is 4.90 Å². The van der Waals surface area contributed by atoms with E-state index in [9.17, 15) is 5.11 Å². The lowest BCUT2D eigenvalue weighted by Crippen LogP contribution is -2.49. The number of rotatable bonds is 7. The summed E-state index contributed by atoms with van der Waals surface area (Å²) in [5, 5.41) is 11.5. The smallest absolute Gasteiger partial charge is 0.166 e. The van der Waals surface area contributed by atoms with Crippen molar-refractivity contribution >= 4 is 0 Å². The van der Waals surface area contributed by atoms with Gasteiger partial charge in [0.15, 0.2) is 11.5 Å². The predicted molar refractivity (Wildman–Crippen MR) is 115 cm³/mol. The Balaban J connectivity index is 1.55. The lowest BCUT2D eigenvalue weighted by atomic mass is 9.80. The average Bonchev–Trinajstić information content (AvgIpc) is 2.96. The molecule has 1 unspecified atom stereocenters. The molecular formula is C25H31NO3. The van der Waals surface area contributed by atoms with Crippen LogP contribution in [-0.2, 0) is 12.1 Å². The number of aryl methyl sites for hydroxylation is 1. The molecule has 2 saturated heterocycles. The van der Waals surface area contributed by atoms with Gasteiger partial charge >= 0.3 is 0 Å². The van der Waals surface area contributed by atoms with Crippen molar-refractivity contribution in [3.8, 4) is 11.5 Å². The number of ether oxygens (including phenoxy) is 2. The topological polar surface area (TPSA) is 41.9 Å². The number of aliphatic hydroxyl groups is 1. The van der Waals surface area contributed by atoms with Crippen LogP contribution in [0.25, 0.3) is 0 Å². The SMILES string of the molecule is C=CCOc1c(CN2[C@@H]3CC[C@H]2CC(O)(c2ccc(C)cc2)C3)cccc1OC. The molecule has 0 radical (unpaired) electrons. The van der Waals surface area contributed by atoms with E-state index in [2.05, 4.69) is 48.7 Å². The fraction of sp³-hybridized carbons (Fsp3) is 0.440. The minimum Gasteiger partial charge on any atom is -0.493 e. The third-order valence-corrected chi connectivity index (χ3v) is 6.49. The Labute approximate surface area is 173 Å². The van der Waals surface area contributed by atoms with Crippen LogP contribution in [-0.4, -0.2) is 35.8 Å². The van der Waals surface area contributed by atoms with Crippen molar-refractivity contribution in [2.24, 2.45) is 0 Å². The van der Waals surface area contributed by atoms with E-state index in [1.165, 1.54) is 5.56 Å². The number of para-hydroxylation sites is 1. The van der Waals surface area contributed by atoms with Gasteiger partial charge in [-0.3, -0.25) is 4.90 Å². The van der Waals surface area contributed by atoms with Crippen molar-refractivity contribution in [2.75, 3.05) is 13.7 Å². The maximum Gasteiger partial charge on any atom is 0.166 e. The van der Waals surface area contributed by atoms with Gasteiger partial charge in [0, 0.05) is 24.2 Å². The molecule has 0 aliphatic carbocycles. The Bertz CT molecular complexity index is 847. The van der Waals surface area contributed by atoms with Crippen molar-refractivity contribution in [3.63, 3.8) is 0 Å². The maximum absolute atomic E-state index is 11.5. The Morgan fingerprint density at radius 3 is 2.45 bits per heavy atom. The van der Waals surface area contributed by atoms with Gasteiger partial charge in [0.05, 0.1) is 12.7 Å². The van der Waals surface area contributed by atoms with E-state index in [4.69, 9.17) is 9.47 Å². The first kappa shape index (κ1) is 20.0. The summed E-state index contributed by atoms with van der Waals surface area (Å²) in [5.41, 5.74) is 2.68. The van der Waals surface area contributed by atoms with Gasteiger partial charge in [-0.15, -0.1) is 0 Å². The van der Waals surface area contributed by atoms with Crippen LogP contribution in [0.3, 0.4) is 0 Å². The second-order valence-corrected chi connectivity index (χ2v) is 8.41. The quantitative estimate of drug-likeness (QED) is 0.699. The largest absolute Gasteiger partial charge is 0.493 e. The molecular weight excluding hydrogens is 362 g/mol. The number of fused-ring (bicyclic) bond motifs is 2. The zero-order valence-electron chi connectivity index (χ0n) is 17.4. The van der Waals surface area contributed by atoms with E-state index < -0.39 is 5.60 Å². The Morgan fingerprint density at radius 1 is 1.14 bits per heavy atom. The van der Waals surface area contributed by atoms with Gasteiger partial charge in [-0.1, -0.05) is 54.6 Å². The summed E-state index contributed by atoms with van der Waals surface area (Å²) in [6, 6.07) is 15.2. The molecule has 0 amide bonds. The molecule has 2 aromatic rings. The third-order valence-electron chi connectivity index (χ3n) is 6.49. The van der Waals surface area contributed by atoms with Gasteiger partial charge in [-0.2, -0.15) is 0 Å². The molecule has 4 heteroatoms. The van der Waals surface area contributed by atoms with Crippen LogP contribution in [0.15, 0.2) is 55.1 Å². The molecule has 4 rings (SSSR count). The summed E-state index contributed by atoms with van der Waals surface area (Å²) in [6.45, 7) is 7.10. The van der Waals surface area contributed by atoms with Crippen LogP contribution >= 0.6 is 0 Å². The van der Waals surface area contributed by atoms with Gasteiger partial charge in [-0.05, 0) is 44.2 Å². The number of piperidine rings is 1. The van der Waals surface area contributed by atoms with Crippen LogP contribution in [0.4, 0.5) is 0 Å². The predicted octanol–water partition coefficient (Wildman–Crippen LogP) is 4.58. The summed E-state index contributed by atoms with van der Waals surface area (Å²) in [5.74, 6) is 1.55. The van der Waals surface area contributed by atoms with Crippen LogP contribution in [0, 0.1) is 6.92 Å². The summed E-state index contributed by atoms with van der Waals surface area (Å²) in [4.78, 5) is 2.55. The van der Waals surface area contributed by atoms with E-state index in [0.29, 0.717) is 18.7 Å². The first-order valence-corrected chi connectivity index (χ1v) is 10.5. The summed E-state index contributed by atoms with van der Waals surface area (Å²) >= 11 is 0. The number of hydrogen-bond acceptors (Lipinski definition) is 4. The fourth-order valence-corrected chi connectivity index (χ4v) is 5.02. The van der Waals surface area contributed by atoms with Gasteiger partial charge in [0.25, 0.3) is 0 Å². The summed E-state index contributed by atoms with van der Waals surface area (Å²) < 4.78 is 11.5. The van der Waals surface area contributed by atoms with Crippen molar-refractivity contribution in [1.29, 1.82) is 0 Å².